The van der Waals surface area contributed by atoms with Crippen molar-refractivity contribution in [2.75, 3.05) is 0 Å². The fourth-order valence-electron chi connectivity index (χ4n) is 3.13. The minimum atomic E-state index is -0.227. The average molecular weight is 397 g/mol. The van der Waals surface area contributed by atoms with Crippen molar-refractivity contribution in [3.05, 3.63) is 102 Å². The van der Waals surface area contributed by atoms with Crippen LogP contribution in [0, 0.1) is 0 Å². The predicted octanol–water partition coefficient (Wildman–Crippen LogP) is 5.03. The summed E-state index contributed by atoms with van der Waals surface area (Å²) >= 11 is 0. The highest BCUT2D eigenvalue weighted by Crippen LogP contribution is 2.17. The second-order valence-corrected chi connectivity index (χ2v) is 7.05. The summed E-state index contributed by atoms with van der Waals surface area (Å²) in [6, 6.07) is 25.2. The molecule has 5 nitrogen and oxygen atoms in total. The number of hydrogen-bond donors (Lipinski definition) is 2. The van der Waals surface area contributed by atoms with Crippen molar-refractivity contribution >= 4 is 23.0 Å². The largest absolute Gasteiger partial charge is 0.489 e. The van der Waals surface area contributed by atoms with Gasteiger partial charge in [-0.05, 0) is 48.4 Å². The number of nitrogens with one attached hydrogen (secondary N) is 2. The lowest BCUT2D eigenvalue weighted by Gasteiger charge is -2.09. The molecular formula is C25H23N3O2. The number of nitrogens with zero attached hydrogens (tertiary/aromatic N) is 1. The number of rotatable bonds is 7. The van der Waals surface area contributed by atoms with Gasteiger partial charge in [-0.2, -0.15) is 0 Å². The van der Waals surface area contributed by atoms with Gasteiger partial charge in [0.1, 0.15) is 18.2 Å². The first-order valence-corrected chi connectivity index (χ1v) is 9.87. The van der Waals surface area contributed by atoms with Crippen molar-refractivity contribution in [1.29, 1.82) is 0 Å². The summed E-state index contributed by atoms with van der Waals surface area (Å²) in [6.45, 7) is 2.41. The van der Waals surface area contributed by atoms with E-state index in [-0.39, 0.29) is 11.9 Å². The molecule has 0 spiro atoms. The van der Waals surface area contributed by atoms with E-state index in [9.17, 15) is 4.79 Å². The number of carbonyl (C=O) groups is 1. The molecule has 0 radical (unpaired) electrons. The number of amides is 1. The third-order valence-corrected chi connectivity index (χ3v) is 4.71. The molecule has 4 rings (SSSR count). The van der Waals surface area contributed by atoms with Crippen LogP contribution in [0.4, 0.5) is 0 Å². The van der Waals surface area contributed by atoms with Gasteiger partial charge < -0.3 is 15.0 Å². The Kier molecular flexibility index (Phi) is 5.90. The van der Waals surface area contributed by atoms with Crippen LogP contribution in [0.5, 0.6) is 5.75 Å². The Morgan fingerprint density at radius 3 is 2.70 bits per heavy atom. The van der Waals surface area contributed by atoms with Crippen LogP contribution in [-0.2, 0) is 11.4 Å². The molecule has 0 saturated heterocycles. The van der Waals surface area contributed by atoms with Crippen molar-refractivity contribution in [3.63, 3.8) is 0 Å². The summed E-state index contributed by atoms with van der Waals surface area (Å²) in [5, 5.41) is 2.94. The van der Waals surface area contributed by atoms with Crippen LogP contribution in [0.2, 0.25) is 0 Å². The van der Waals surface area contributed by atoms with Crippen molar-refractivity contribution < 1.29 is 9.53 Å². The molecular weight excluding hydrogens is 374 g/mol. The van der Waals surface area contributed by atoms with E-state index in [2.05, 4.69) is 15.3 Å². The number of hydrogen-bond acceptors (Lipinski definition) is 3. The molecule has 1 aromatic heterocycles. The van der Waals surface area contributed by atoms with E-state index < -0.39 is 0 Å². The Morgan fingerprint density at radius 2 is 1.87 bits per heavy atom. The smallest absolute Gasteiger partial charge is 0.244 e. The number of imidazole rings is 1. The highest BCUT2D eigenvalue weighted by molar-refractivity contribution is 5.92. The third kappa shape index (κ3) is 4.94. The molecule has 30 heavy (non-hydrogen) atoms. The van der Waals surface area contributed by atoms with Crippen LogP contribution in [0.3, 0.4) is 0 Å². The van der Waals surface area contributed by atoms with Gasteiger partial charge in [0.2, 0.25) is 5.91 Å². The number of ether oxygens (including phenoxy) is 1. The molecule has 0 fully saturated rings. The highest BCUT2D eigenvalue weighted by Gasteiger charge is 2.12. The molecule has 4 aromatic rings. The summed E-state index contributed by atoms with van der Waals surface area (Å²) in [4.78, 5) is 20.1. The summed E-state index contributed by atoms with van der Waals surface area (Å²) < 4.78 is 5.84. The number of carbonyl (C=O) groups excluding carboxylic acids is 1. The monoisotopic (exact) mass is 397 g/mol. The fraction of sp³-hybridized carbons (Fsp3) is 0.120. The van der Waals surface area contributed by atoms with Gasteiger partial charge in [0.15, 0.2) is 0 Å². The standard InChI is InChI=1S/C25H23N3O2/c1-18(25-27-22-12-5-6-13-23(22)28-25)26-24(29)15-14-19-10-7-11-21(16-19)30-17-20-8-3-2-4-9-20/h2-16,18H,17H2,1H3,(H,26,29)(H,27,28)/b15-14+. The SMILES string of the molecule is CC(NC(=O)/C=C/c1cccc(OCc2ccccc2)c1)c1nc2ccccc2[nH]1. The van der Waals surface area contributed by atoms with E-state index >= 15 is 0 Å². The Bertz CT molecular complexity index is 1130. The van der Waals surface area contributed by atoms with E-state index in [4.69, 9.17) is 4.74 Å². The third-order valence-electron chi connectivity index (χ3n) is 4.71. The fourth-order valence-corrected chi connectivity index (χ4v) is 3.13. The van der Waals surface area contributed by atoms with Gasteiger partial charge in [-0.1, -0.05) is 54.6 Å². The Hall–Kier alpha value is -3.86. The number of aromatic amines is 1. The van der Waals surface area contributed by atoms with Gasteiger partial charge in [0.25, 0.3) is 0 Å². The van der Waals surface area contributed by atoms with Crippen LogP contribution >= 0.6 is 0 Å². The van der Waals surface area contributed by atoms with Crippen molar-refractivity contribution in [2.24, 2.45) is 0 Å². The molecule has 150 valence electrons. The van der Waals surface area contributed by atoms with Gasteiger partial charge >= 0.3 is 0 Å². The van der Waals surface area contributed by atoms with Crippen LogP contribution in [-0.4, -0.2) is 15.9 Å². The van der Waals surface area contributed by atoms with E-state index in [1.54, 1.807) is 6.08 Å². The summed E-state index contributed by atoms with van der Waals surface area (Å²) in [5.74, 6) is 1.31. The number of para-hydroxylation sites is 2. The van der Waals surface area contributed by atoms with Gasteiger partial charge in [0, 0.05) is 6.08 Å². The summed E-state index contributed by atoms with van der Waals surface area (Å²) in [6.07, 6.45) is 3.30. The Labute approximate surface area is 175 Å². The summed E-state index contributed by atoms with van der Waals surface area (Å²) in [5.41, 5.74) is 3.84. The van der Waals surface area contributed by atoms with Crippen LogP contribution in [0.1, 0.15) is 29.9 Å². The number of benzene rings is 3. The molecule has 1 amide bonds. The maximum Gasteiger partial charge on any atom is 0.244 e. The molecule has 1 unspecified atom stereocenters. The minimum absolute atomic E-state index is 0.182. The first-order chi connectivity index (χ1) is 14.7. The molecule has 0 bridgehead atoms. The zero-order chi connectivity index (χ0) is 20.8. The molecule has 0 saturated carbocycles. The van der Waals surface area contributed by atoms with Crippen molar-refractivity contribution in [1.82, 2.24) is 15.3 Å². The molecule has 1 atom stereocenters. The maximum atomic E-state index is 12.3. The lowest BCUT2D eigenvalue weighted by Crippen LogP contribution is -2.25. The number of H-pyrrole nitrogens is 1. The minimum Gasteiger partial charge on any atom is -0.489 e. The molecule has 0 aliphatic carbocycles. The Morgan fingerprint density at radius 1 is 1.07 bits per heavy atom. The van der Waals surface area contributed by atoms with Crippen LogP contribution in [0.15, 0.2) is 84.9 Å². The average Bonchev–Trinajstić information content (AvgIpc) is 3.22. The maximum absolute atomic E-state index is 12.3. The van der Waals surface area contributed by atoms with E-state index in [1.807, 2.05) is 85.8 Å². The summed E-state index contributed by atoms with van der Waals surface area (Å²) in [7, 11) is 0. The van der Waals surface area contributed by atoms with Gasteiger partial charge in [-0.25, -0.2) is 4.98 Å². The molecule has 5 heteroatoms. The zero-order valence-electron chi connectivity index (χ0n) is 16.7. The van der Waals surface area contributed by atoms with Crippen molar-refractivity contribution in [3.8, 4) is 5.75 Å². The molecule has 0 aliphatic rings. The molecule has 0 aliphatic heterocycles. The van der Waals surface area contributed by atoms with Gasteiger partial charge in [-0.15, -0.1) is 0 Å². The number of aromatic nitrogens is 2. The zero-order valence-corrected chi connectivity index (χ0v) is 16.7. The van der Waals surface area contributed by atoms with Gasteiger partial charge in [0.05, 0.1) is 17.1 Å². The first-order valence-electron chi connectivity index (χ1n) is 9.87. The lowest BCUT2D eigenvalue weighted by molar-refractivity contribution is -0.117. The van der Waals surface area contributed by atoms with Crippen LogP contribution < -0.4 is 10.1 Å². The second kappa shape index (κ2) is 9.09. The normalized spacial score (nSPS) is 12.2. The Balaban J connectivity index is 1.35. The van der Waals surface area contributed by atoms with E-state index in [1.165, 1.54) is 6.08 Å². The van der Waals surface area contributed by atoms with Crippen LogP contribution in [0.25, 0.3) is 17.1 Å². The molecule has 2 N–H and O–H groups in total. The lowest BCUT2D eigenvalue weighted by atomic mass is 10.2. The molecule has 3 aromatic carbocycles. The topological polar surface area (TPSA) is 67.0 Å². The second-order valence-electron chi connectivity index (χ2n) is 7.05. The van der Waals surface area contributed by atoms with E-state index in [0.717, 1.165) is 33.7 Å². The first kappa shape index (κ1) is 19.5. The number of fused-ring (bicyclic) bond motifs is 1. The van der Waals surface area contributed by atoms with E-state index in [0.29, 0.717) is 6.61 Å². The highest BCUT2D eigenvalue weighted by atomic mass is 16.5. The van der Waals surface area contributed by atoms with Gasteiger partial charge in [-0.3, -0.25) is 4.79 Å². The molecule has 1 heterocycles. The predicted molar refractivity (Wildman–Crippen MR) is 119 cm³/mol. The quantitative estimate of drug-likeness (QED) is 0.430. The van der Waals surface area contributed by atoms with Crippen molar-refractivity contribution in [2.45, 2.75) is 19.6 Å².